The van der Waals surface area contributed by atoms with E-state index in [0.29, 0.717) is 13.2 Å². The molecule has 2 rings (SSSR count). The van der Waals surface area contributed by atoms with Crippen molar-refractivity contribution >= 4 is 0 Å². The highest BCUT2D eigenvalue weighted by Crippen LogP contribution is 2.20. The Kier molecular flexibility index (Phi) is 4.25. The molecule has 0 fully saturated rings. The fourth-order valence-electron chi connectivity index (χ4n) is 1.66. The van der Waals surface area contributed by atoms with Crippen LogP contribution in [0.5, 0.6) is 11.5 Å². The molecule has 1 heterocycles. The van der Waals surface area contributed by atoms with Gasteiger partial charge in [-0.3, -0.25) is 0 Å². The first kappa shape index (κ1) is 12.5. The highest BCUT2D eigenvalue weighted by Gasteiger charge is 2.13. The summed E-state index contributed by atoms with van der Waals surface area (Å²) in [6.45, 7) is 0.986. The van der Waals surface area contributed by atoms with Crippen molar-refractivity contribution in [1.29, 1.82) is 0 Å². The van der Waals surface area contributed by atoms with Crippen molar-refractivity contribution in [2.75, 3.05) is 20.3 Å². The van der Waals surface area contributed by atoms with Crippen molar-refractivity contribution in [3.8, 4) is 11.5 Å². The van der Waals surface area contributed by atoms with Gasteiger partial charge in [0.05, 0.1) is 25.9 Å². The molecule has 1 atom stereocenters. The number of ether oxygens (including phenoxy) is 2. The van der Waals surface area contributed by atoms with Crippen molar-refractivity contribution in [1.82, 2.24) is 0 Å². The van der Waals surface area contributed by atoms with Gasteiger partial charge in [0.15, 0.2) is 0 Å². The largest absolute Gasteiger partial charge is 0.497 e. The summed E-state index contributed by atoms with van der Waals surface area (Å²) in [6, 6.07) is 11.2. The lowest BCUT2D eigenvalue weighted by molar-refractivity contribution is 0.272. The minimum absolute atomic E-state index is 0.0714. The van der Waals surface area contributed by atoms with Gasteiger partial charge in [-0.25, -0.2) is 0 Å². The van der Waals surface area contributed by atoms with Crippen LogP contribution in [-0.4, -0.2) is 20.3 Å². The van der Waals surface area contributed by atoms with Crippen molar-refractivity contribution in [2.45, 2.75) is 5.92 Å². The minimum Gasteiger partial charge on any atom is -0.497 e. The molecule has 4 heteroatoms. The second kappa shape index (κ2) is 6.12. The van der Waals surface area contributed by atoms with Crippen LogP contribution in [0.1, 0.15) is 11.7 Å². The standard InChI is InChI=1S/C14H17NO3/c1-16-12-4-6-13(7-5-12)18-10-11(9-15)14-3-2-8-17-14/h2-8,11H,9-10,15H2,1H3. The number of benzene rings is 1. The summed E-state index contributed by atoms with van der Waals surface area (Å²) < 4.78 is 16.1. The van der Waals surface area contributed by atoms with E-state index in [0.717, 1.165) is 17.3 Å². The van der Waals surface area contributed by atoms with Crippen LogP contribution in [0.25, 0.3) is 0 Å². The highest BCUT2D eigenvalue weighted by atomic mass is 16.5. The van der Waals surface area contributed by atoms with E-state index in [-0.39, 0.29) is 5.92 Å². The Labute approximate surface area is 106 Å². The molecule has 2 aromatic rings. The van der Waals surface area contributed by atoms with E-state index in [9.17, 15) is 0 Å². The third-order valence-electron chi connectivity index (χ3n) is 2.74. The zero-order chi connectivity index (χ0) is 12.8. The van der Waals surface area contributed by atoms with Crippen LogP contribution >= 0.6 is 0 Å². The molecule has 0 spiro atoms. The van der Waals surface area contributed by atoms with E-state index in [1.807, 2.05) is 36.4 Å². The summed E-state index contributed by atoms with van der Waals surface area (Å²) in [7, 11) is 1.64. The maximum atomic E-state index is 5.71. The smallest absolute Gasteiger partial charge is 0.119 e. The van der Waals surface area contributed by atoms with E-state index in [1.165, 1.54) is 0 Å². The second-order valence-electron chi connectivity index (χ2n) is 3.93. The number of nitrogens with two attached hydrogens (primary N) is 1. The predicted molar refractivity (Wildman–Crippen MR) is 69.0 cm³/mol. The Morgan fingerprint density at radius 1 is 1.17 bits per heavy atom. The van der Waals surface area contributed by atoms with Crippen LogP contribution in [0.15, 0.2) is 47.1 Å². The SMILES string of the molecule is COc1ccc(OCC(CN)c2ccco2)cc1. The lowest BCUT2D eigenvalue weighted by atomic mass is 10.1. The van der Waals surface area contributed by atoms with Gasteiger partial charge in [-0.2, -0.15) is 0 Å². The van der Waals surface area contributed by atoms with E-state index < -0.39 is 0 Å². The number of furan rings is 1. The van der Waals surface area contributed by atoms with Gasteiger partial charge in [0.25, 0.3) is 0 Å². The quantitative estimate of drug-likeness (QED) is 0.851. The Balaban J connectivity index is 1.93. The fourth-order valence-corrected chi connectivity index (χ4v) is 1.66. The third-order valence-corrected chi connectivity index (χ3v) is 2.74. The molecule has 2 N–H and O–H groups in total. The molecule has 0 saturated carbocycles. The Bertz CT molecular complexity index is 450. The number of rotatable bonds is 6. The predicted octanol–water partition coefficient (Wildman–Crippen LogP) is 2.41. The van der Waals surface area contributed by atoms with Crippen LogP contribution < -0.4 is 15.2 Å². The van der Waals surface area contributed by atoms with E-state index in [4.69, 9.17) is 19.6 Å². The average molecular weight is 247 g/mol. The maximum Gasteiger partial charge on any atom is 0.119 e. The molecule has 0 aliphatic heterocycles. The van der Waals surface area contributed by atoms with Crippen LogP contribution in [-0.2, 0) is 0 Å². The molecule has 0 radical (unpaired) electrons. The van der Waals surface area contributed by atoms with Gasteiger partial charge in [0, 0.05) is 6.54 Å². The van der Waals surface area contributed by atoms with Crippen molar-refractivity contribution in [3.05, 3.63) is 48.4 Å². The van der Waals surface area contributed by atoms with E-state index in [1.54, 1.807) is 13.4 Å². The fraction of sp³-hybridized carbons (Fsp3) is 0.286. The van der Waals surface area contributed by atoms with Gasteiger partial charge in [-0.1, -0.05) is 0 Å². The molecule has 1 unspecified atom stereocenters. The normalized spacial score (nSPS) is 12.1. The maximum absolute atomic E-state index is 5.71. The van der Waals surface area contributed by atoms with Crippen LogP contribution in [0.2, 0.25) is 0 Å². The molecular formula is C14H17NO3. The zero-order valence-corrected chi connectivity index (χ0v) is 10.3. The van der Waals surface area contributed by atoms with Crippen molar-refractivity contribution in [3.63, 3.8) is 0 Å². The topological polar surface area (TPSA) is 57.6 Å². The Morgan fingerprint density at radius 2 is 1.89 bits per heavy atom. The molecular weight excluding hydrogens is 230 g/mol. The molecule has 0 aliphatic carbocycles. The molecule has 0 bridgehead atoms. The van der Waals surface area contributed by atoms with E-state index in [2.05, 4.69) is 0 Å². The lowest BCUT2D eigenvalue weighted by Gasteiger charge is -2.13. The molecule has 1 aromatic carbocycles. The number of hydrogen-bond donors (Lipinski definition) is 1. The molecule has 4 nitrogen and oxygen atoms in total. The zero-order valence-electron chi connectivity index (χ0n) is 10.3. The van der Waals surface area contributed by atoms with Crippen LogP contribution in [0, 0.1) is 0 Å². The van der Waals surface area contributed by atoms with Gasteiger partial charge >= 0.3 is 0 Å². The second-order valence-corrected chi connectivity index (χ2v) is 3.93. The Hall–Kier alpha value is -1.94. The number of methoxy groups -OCH3 is 1. The first-order chi connectivity index (χ1) is 8.83. The molecule has 0 saturated heterocycles. The van der Waals surface area contributed by atoms with Gasteiger partial charge < -0.3 is 19.6 Å². The molecule has 96 valence electrons. The van der Waals surface area contributed by atoms with Crippen molar-refractivity contribution in [2.24, 2.45) is 5.73 Å². The first-order valence-corrected chi connectivity index (χ1v) is 5.84. The molecule has 1 aromatic heterocycles. The van der Waals surface area contributed by atoms with E-state index >= 15 is 0 Å². The summed E-state index contributed by atoms with van der Waals surface area (Å²) in [4.78, 5) is 0. The van der Waals surface area contributed by atoms with Crippen LogP contribution in [0.4, 0.5) is 0 Å². The Morgan fingerprint density at radius 3 is 2.44 bits per heavy atom. The summed E-state index contributed by atoms with van der Waals surface area (Å²) in [5, 5.41) is 0. The summed E-state index contributed by atoms with van der Waals surface area (Å²) in [5.41, 5.74) is 5.71. The molecule has 18 heavy (non-hydrogen) atoms. The first-order valence-electron chi connectivity index (χ1n) is 5.84. The van der Waals surface area contributed by atoms with Gasteiger partial charge in [0.2, 0.25) is 0 Å². The van der Waals surface area contributed by atoms with Crippen LogP contribution in [0.3, 0.4) is 0 Å². The summed E-state index contributed by atoms with van der Waals surface area (Å²) >= 11 is 0. The summed E-state index contributed by atoms with van der Waals surface area (Å²) in [6.07, 6.45) is 1.64. The van der Waals surface area contributed by atoms with Gasteiger partial charge in [-0.05, 0) is 36.4 Å². The average Bonchev–Trinajstić information content (AvgIpc) is 2.94. The number of hydrogen-bond acceptors (Lipinski definition) is 4. The minimum atomic E-state index is 0.0714. The van der Waals surface area contributed by atoms with Gasteiger partial charge in [0.1, 0.15) is 17.3 Å². The third kappa shape index (κ3) is 3.05. The monoisotopic (exact) mass is 247 g/mol. The highest BCUT2D eigenvalue weighted by molar-refractivity contribution is 5.31. The molecule has 0 amide bonds. The summed E-state index contributed by atoms with van der Waals surface area (Å²) in [5.74, 6) is 2.53. The molecule has 0 aliphatic rings. The lowest BCUT2D eigenvalue weighted by Crippen LogP contribution is -2.19. The van der Waals surface area contributed by atoms with Crippen molar-refractivity contribution < 1.29 is 13.9 Å². The van der Waals surface area contributed by atoms with Gasteiger partial charge in [-0.15, -0.1) is 0 Å².